The van der Waals surface area contributed by atoms with Gasteiger partial charge in [0, 0.05) is 6.20 Å². The number of carbonyl (C=O) groups is 1. The van der Waals surface area contributed by atoms with Crippen LogP contribution < -0.4 is 5.32 Å². The molecule has 2 aromatic rings. The Kier molecular flexibility index (Phi) is 4.90. The Bertz CT molecular complexity index is 547. The molecule has 106 valence electrons. The molecule has 0 spiro atoms. The third-order valence-corrected chi connectivity index (χ3v) is 3.13. The first-order chi connectivity index (χ1) is 9.72. The molecule has 1 heterocycles. The lowest BCUT2D eigenvalue weighted by atomic mass is 10.2. The fourth-order valence-electron chi connectivity index (χ4n) is 1.88. The number of aliphatic hydroxyl groups excluding tert-OH is 1. The van der Waals surface area contributed by atoms with Crippen LogP contribution in [0.15, 0.2) is 42.7 Å². The lowest BCUT2D eigenvalue weighted by Gasteiger charge is -2.12. The van der Waals surface area contributed by atoms with Crippen molar-refractivity contribution in [2.24, 2.45) is 0 Å². The quantitative estimate of drug-likeness (QED) is 0.836. The number of hydrogen-bond donors (Lipinski definition) is 2. The lowest BCUT2D eigenvalue weighted by Crippen LogP contribution is -2.36. The maximum absolute atomic E-state index is 12.0. The van der Waals surface area contributed by atoms with Gasteiger partial charge >= 0.3 is 0 Å². The first-order valence-electron chi connectivity index (χ1n) is 6.71. The van der Waals surface area contributed by atoms with Gasteiger partial charge in [0.2, 0.25) is 0 Å². The van der Waals surface area contributed by atoms with Gasteiger partial charge in [0.05, 0.1) is 31.0 Å². The Morgan fingerprint density at radius 3 is 2.80 bits per heavy atom. The smallest absolute Gasteiger partial charge is 0.254 e. The van der Waals surface area contributed by atoms with Gasteiger partial charge < -0.3 is 10.4 Å². The predicted molar refractivity (Wildman–Crippen MR) is 76.4 cm³/mol. The minimum atomic E-state index is -0.208. The van der Waals surface area contributed by atoms with E-state index in [1.54, 1.807) is 17.1 Å². The van der Waals surface area contributed by atoms with Gasteiger partial charge in [0.25, 0.3) is 5.91 Å². The highest BCUT2D eigenvalue weighted by molar-refractivity contribution is 5.93. The van der Waals surface area contributed by atoms with E-state index in [-0.39, 0.29) is 18.6 Å². The summed E-state index contributed by atoms with van der Waals surface area (Å²) in [6.45, 7) is 2.49. The van der Waals surface area contributed by atoms with Crippen LogP contribution in [0.4, 0.5) is 0 Å². The van der Waals surface area contributed by atoms with Crippen molar-refractivity contribution >= 4 is 5.91 Å². The van der Waals surface area contributed by atoms with E-state index in [0.29, 0.717) is 18.5 Å². The summed E-state index contributed by atoms with van der Waals surface area (Å²) in [5.41, 5.74) is 1.64. The summed E-state index contributed by atoms with van der Waals surface area (Å²) in [6.07, 6.45) is 3.95. The third-order valence-electron chi connectivity index (χ3n) is 3.13. The zero-order valence-corrected chi connectivity index (χ0v) is 11.5. The fraction of sp³-hybridized carbons (Fsp3) is 0.333. The topological polar surface area (TPSA) is 67.2 Å². The molecular formula is C15H19N3O2. The molecule has 20 heavy (non-hydrogen) atoms. The minimum absolute atomic E-state index is 0.0552. The van der Waals surface area contributed by atoms with Gasteiger partial charge in [-0.05, 0) is 12.0 Å². The summed E-state index contributed by atoms with van der Waals surface area (Å²) >= 11 is 0. The van der Waals surface area contributed by atoms with Crippen molar-refractivity contribution in [1.82, 2.24) is 15.1 Å². The molecule has 0 aliphatic carbocycles. The van der Waals surface area contributed by atoms with Gasteiger partial charge in [-0.1, -0.05) is 37.3 Å². The van der Waals surface area contributed by atoms with Crippen LogP contribution in [0.25, 0.3) is 0 Å². The normalized spacial score (nSPS) is 12.1. The number of aliphatic hydroxyl groups is 1. The van der Waals surface area contributed by atoms with Gasteiger partial charge in [-0.3, -0.25) is 9.48 Å². The molecule has 0 fully saturated rings. The number of nitrogens with one attached hydrogen (secondary N) is 1. The molecule has 0 aliphatic rings. The van der Waals surface area contributed by atoms with E-state index in [1.807, 2.05) is 37.3 Å². The average Bonchev–Trinajstić information content (AvgIpc) is 2.94. The molecule has 0 bridgehead atoms. The summed E-state index contributed by atoms with van der Waals surface area (Å²) in [6, 6.07) is 9.73. The Morgan fingerprint density at radius 1 is 1.40 bits per heavy atom. The van der Waals surface area contributed by atoms with Crippen molar-refractivity contribution in [1.29, 1.82) is 0 Å². The van der Waals surface area contributed by atoms with E-state index in [9.17, 15) is 4.79 Å². The largest absolute Gasteiger partial charge is 0.394 e. The Labute approximate surface area is 118 Å². The third kappa shape index (κ3) is 3.68. The molecule has 1 unspecified atom stereocenters. The molecule has 0 aliphatic heterocycles. The van der Waals surface area contributed by atoms with E-state index in [0.717, 1.165) is 5.56 Å². The highest BCUT2D eigenvalue weighted by atomic mass is 16.3. The van der Waals surface area contributed by atoms with E-state index in [1.165, 1.54) is 0 Å². The zero-order valence-electron chi connectivity index (χ0n) is 11.5. The molecule has 0 saturated carbocycles. The van der Waals surface area contributed by atoms with Crippen LogP contribution in [0.2, 0.25) is 0 Å². The summed E-state index contributed by atoms with van der Waals surface area (Å²) in [5, 5.41) is 16.0. The molecule has 2 N–H and O–H groups in total. The molecular weight excluding hydrogens is 254 g/mol. The van der Waals surface area contributed by atoms with E-state index < -0.39 is 0 Å². The van der Waals surface area contributed by atoms with Crippen molar-refractivity contribution in [2.75, 3.05) is 6.61 Å². The van der Waals surface area contributed by atoms with Crippen LogP contribution >= 0.6 is 0 Å². The average molecular weight is 273 g/mol. The second-order valence-electron chi connectivity index (χ2n) is 4.67. The lowest BCUT2D eigenvalue weighted by molar-refractivity contribution is 0.0915. The first-order valence-corrected chi connectivity index (χ1v) is 6.71. The number of rotatable bonds is 6. The molecule has 0 saturated heterocycles. The molecule has 1 amide bonds. The van der Waals surface area contributed by atoms with Gasteiger partial charge in [-0.15, -0.1) is 0 Å². The van der Waals surface area contributed by atoms with Crippen LogP contribution in [0.5, 0.6) is 0 Å². The molecule has 0 radical (unpaired) electrons. The Morgan fingerprint density at radius 2 is 2.15 bits per heavy atom. The maximum atomic E-state index is 12.0. The first kappa shape index (κ1) is 14.3. The van der Waals surface area contributed by atoms with Crippen LogP contribution in [-0.4, -0.2) is 33.4 Å². The van der Waals surface area contributed by atoms with Crippen molar-refractivity contribution in [3.05, 3.63) is 53.9 Å². The van der Waals surface area contributed by atoms with Crippen molar-refractivity contribution in [2.45, 2.75) is 25.9 Å². The number of nitrogens with zero attached hydrogens (tertiary/aromatic N) is 2. The van der Waals surface area contributed by atoms with E-state index >= 15 is 0 Å². The highest BCUT2D eigenvalue weighted by Crippen LogP contribution is 2.04. The second kappa shape index (κ2) is 6.86. The van der Waals surface area contributed by atoms with Crippen LogP contribution in [0.1, 0.15) is 29.3 Å². The minimum Gasteiger partial charge on any atom is -0.394 e. The van der Waals surface area contributed by atoms with Crippen LogP contribution in [0.3, 0.4) is 0 Å². The Balaban J connectivity index is 2.00. The molecule has 1 aromatic carbocycles. The zero-order chi connectivity index (χ0) is 14.4. The number of benzene rings is 1. The van der Waals surface area contributed by atoms with Gasteiger partial charge in [0.15, 0.2) is 0 Å². The summed E-state index contributed by atoms with van der Waals surface area (Å²) in [4.78, 5) is 12.0. The highest BCUT2D eigenvalue weighted by Gasteiger charge is 2.13. The summed E-state index contributed by atoms with van der Waals surface area (Å²) in [5.74, 6) is -0.204. The summed E-state index contributed by atoms with van der Waals surface area (Å²) < 4.78 is 1.73. The summed E-state index contributed by atoms with van der Waals surface area (Å²) in [7, 11) is 0. The Hall–Kier alpha value is -2.14. The van der Waals surface area contributed by atoms with Gasteiger partial charge in [-0.25, -0.2) is 0 Å². The number of amides is 1. The monoisotopic (exact) mass is 273 g/mol. The van der Waals surface area contributed by atoms with Crippen molar-refractivity contribution in [3.8, 4) is 0 Å². The van der Waals surface area contributed by atoms with Crippen LogP contribution in [0, 0.1) is 0 Å². The standard InChI is InChI=1S/C15H19N3O2/c1-2-14(11-19)17-15(20)13-8-16-18(10-13)9-12-6-4-3-5-7-12/h3-8,10,14,19H,2,9,11H2,1H3,(H,17,20). The van der Waals surface area contributed by atoms with E-state index in [4.69, 9.17) is 5.11 Å². The van der Waals surface area contributed by atoms with E-state index in [2.05, 4.69) is 10.4 Å². The molecule has 2 rings (SSSR count). The van der Waals surface area contributed by atoms with Crippen LogP contribution in [-0.2, 0) is 6.54 Å². The maximum Gasteiger partial charge on any atom is 0.254 e. The number of carbonyl (C=O) groups excluding carboxylic acids is 1. The van der Waals surface area contributed by atoms with Crippen molar-refractivity contribution < 1.29 is 9.90 Å². The number of hydrogen-bond acceptors (Lipinski definition) is 3. The van der Waals surface area contributed by atoms with Gasteiger partial charge in [-0.2, -0.15) is 5.10 Å². The fourth-order valence-corrected chi connectivity index (χ4v) is 1.88. The molecule has 5 nitrogen and oxygen atoms in total. The van der Waals surface area contributed by atoms with Crippen molar-refractivity contribution in [3.63, 3.8) is 0 Å². The number of aromatic nitrogens is 2. The predicted octanol–water partition coefficient (Wildman–Crippen LogP) is 1.43. The second-order valence-corrected chi connectivity index (χ2v) is 4.67. The SMILES string of the molecule is CCC(CO)NC(=O)c1cnn(Cc2ccccc2)c1. The van der Waals surface area contributed by atoms with Gasteiger partial charge in [0.1, 0.15) is 0 Å². The molecule has 1 aromatic heterocycles. The molecule has 1 atom stereocenters. The molecule has 5 heteroatoms.